The van der Waals surface area contributed by atoms with E-state index in [1.54, 1.807) is 19.1 Å². The highest BCUT2D eigenvalue weighted by atomic mass is 32.2. The van der Waals surface area contributed by atoms with Crippen molar-refractivity contribution in [2.45, 2.75) is 28.8 Å². The fourth-order valence-corrected chi connectivity index (χ4v) is 4.28. The maximum atomic E-state index is 12.9. The van der Waals surface area contributed by atoms with Crippen LogP contribution in [0.3, 0.4) is 0 Å². The van der Waals surface area contributed by atoms with E-state index in [0.717, 1.165) is 22.9 Å². The molecule has 0 spiro atoms. The largest absolute Gasteiger partial charge is 0.351 e. The topological polar surface area (TPSA) is 135 Å². The molecule has 30 heavy (non-hydrogen) atoms. The average molecular weight is 445 g/mol. The third-order valence-electron chi connectivity index (χ3n) is 4.14. The molecule has 0 bridgehead atoms. The van der Waals surface area contributed by atoms with Crippen LogP contribution in [-0.4, -0.2) is 24.3 Å². The fourth-order valence-electron chi connectivity index (χ4n) is 2.70. The molecule has 0 fully saturated rings. The molecule has 10 heteroatoms. The number of benzene rings is 2. The predicted octanol–water partition coefficient (Wildman–Crippen LogP) is 1.88. The summed E-state index contributed by atoms with van der Waals surface area (Å²) in [6.45, 7) is 1.91. The molecule has 8 nitrogen and oxygen atoms in total. The SMILES string of the molecule is Cc1cc(=O)[nH]c(S[C@H](C(=O)NCc2ccc(S(N)(=O)=O)cc2)c2ccccc2)n1. The molecular formula is C20H20N4O4S2. The van der Waals surface area contributed by atoms with Gasteiger partial charge in [-0.2, -0.15) is 0 Å². The Balaban J connectivity index is 1.78. The predicted molar refractivity (Wildman–Crippen MR) is 114 cm³/mol. The van der Waals surface area contributed by atoms with Crippen LogP contribution in [0.1, 0.15) is 22.1 Å². The highest BCUT2D eigenvalue weighted by molar-refractivity contribution is 8.00. The number of H-pyrrole nitrogens is 1. The van der Waals surface area contributed by atoms with Crippen LogP contribution in [0.25, 0.3) is 0 Å². The molecule has 4 N–H and O–H groups in total. The van der Waals surface area contributed by atoms with Crippen molar-refractivity contribution in [2.24, 2.45) is 5.14 Å². The van der Waals surface area contributed by atoms with Gasteiger partial charge in [-0.05, 0) is 30.2 Å². The molecule has 0 unspecified atom stereocenters. The molecule has 3 aromatic rings. The number of rotatable bonds is 7. The van der Waals surface area contributed by atoms with Crippen molar-refractivity contribution in [2.75, 3.05) is 0 Å². The first-order chi connectivity index (χ1) is 14.2. The van der Waals surface area contributed by atoms with E-state index in [9.17, 15) is 18.0 Å². The lowest BCUT2D eigenvalue weighted by molar-refractivity contribution is -0.120. The van der Waals surface area contributed by atoms with Crippen LogP contribution >= 0.6 is 11.8 Å². The van der Waals surface area contributed by atoms with Crippen LogP contribution in [0, 0.1) is 6.92 Å². The zero-order valence-corrected chi connectivity index (χ0v) is 17.7. The molecule has 0 aliphatic heterocycles. The number of nitrogens with zero attached hydrogens (tertiary/aromatic N) is 1. The van der Waals surface area contributed by atoms with Crippen molar-refractivity contribution in [3.8, 4) is 0 Å². The van der Waals surface area contributed by atoms with Gasteiger partial charge in [0.25, 0.3) is 5.56 Å². The van der Waals surface area contributed by atoms with E-state index in [2.05, 4.69) is 15.3 Å². The average Bonchev–Trinajstić information content (AvgIpc) is 2.70. The number of primary sulfonamides is 1. The normalized spacial score (nSPS) is 12.3. The number of hydrogen-bond donors (Lipinski definition) is 3. The van der Waals surface area contributed by atoms with Gasteiger partial charge in [0.1, 0.15) is 5.25 Å². The van der Waals surface area contributed by atoms with Crippen molar-refractivity contribution >= 4 is 27.7 Å². The zero-order chi connectivity index (χ0) is 21.7. The number of nitrogens with one attached hydrogen (secondary N) is 2. The third-order valence-corrected chi connectivity index (χ3v) is 6.20. The van der Waals surface area contributed by atoms with Gasteiger partial charge in [-0.3, -0.25) is 9.59 Å². The van der Waals surface area contributed by atoms with Gasteiger partial charge in [-0.25, -0.2) is 18.5 Å². The highest BCUT2D eigenvalue weighted by Crippen LogP contribution is 2.33. The number of amides is 1. The molecule has 1 atom stereocenters. The number of hydrogen-bond acceptors (Lipinski definition) is 6. The number of aromatic amines is 1. The minimum Gasteiger partial charge on any atom is -0.351 e. The van der Waals surface area contributed by atoms with Gasteiger partial charge in [-0.1, -0.05) is 54.2 Å². The minimum atomic E-state index is -3.77. The molecule has 0 saturated heterocycles. The molecule has 156 valence electrons. The maximum absolute atomic E-state index is 12.9. The van der Waals surface area contributed by atoms with Crippen LogP contribution in [-0.2, 0) is 21.4 Å². The summed E-state index contributed by atoms with van der Waals surface area (Å²) < 4.78 is 22.7. The zero-order valence-electron chi connectivity index (χ0n) is 16.0. The van der Waals surface area contributed by atoms with Gasteiger partial charge < -0.3 is 10.3 Å². The second-order valence-corrected chi connectivity index (χ2v) is 9.16. The number of thioether (sulfide) groups is 1. The van der Waals surface area contributed by atoms with E-state index in [1.165, 1.54) is 18.2 Å². The van der Waals surface area contributed by atoms with Crippen LogP contribution in [0.2, 0.25) is 0 Å². The summed E-state index contributed by atoms with van der Waals surface area (Å²) in [6.07, 6.45) is 0. The molecule has 1 aromatic heterocycles. The van der Waals surface area contributed by atoms with Gasteiger partial charge in [0.05, 0.1) is 4.90 Å². The third kappa shape index (κ3) is 5.78. The van der Waals surface area contributed by atoms with E-state index in [0.29, 0.717) is 10.9 Å². The quantitative estimate of drug-likeness (QED) is 0.376. The first-order valence-corrected chi connectivity index (χ1v) is 11.3. The molecule has 0 aliphatic rings. The number of carbonyl (C=O) groups excluding carboxylic acids is 1. The monoisotopic (exact) mass is 444 g/mol. The van der Waals surface area contributed by atoms with Crippen molar-refractivity contribution in [1.82, 2.24) is 15.3 Å². The first kappa shape index (κ1) is 21.8. The molecule has 0 radical (unpaired) electrons. The van der Waals surface area contributed by atoms with Crippen LogP contribution in [0.5, 0.6) is 0 Å². The lowest BCUT2D eigenvalue weighted by Gasteiger charge is -2.16. The van der Waals surface area contributed by atoms with Crippen LogP contribution in [0.4, 0.5) is 0 Å². The lowest BCUT2D eigenvalue weighted by atomic mass is 10.1. The van der Waals surface area contributed by atoms with Crippen molar-refractivity contribution < 1.29 is 13.2 Å². The smallest absolute Gasteiger partial charge is 0.251 e. The summed E-state index contributed by atoms with van der Waals surface area (Å²) in [5.74, 6) is -0.272. The molecule has 2 aromatic carbocycles. The molecular weight excluding hydrogens is 424 g/mol. The van der Waals surface area contributed by atoms with E-state index in [-0.39, 0.29) is 22.9 Å². The molecule has 1 heterocycles. The van der Waals surface area contributed by atoms with Crippen molar-refractivity contribution in [1.29, 1.82) is 0 Å². The summed E-state index contributed by atoms with van der Waals surface area (Å²) in [4.78, 5) is 31.6. The van der Waals surface area contributed by atoms with Gasteiger partial charge in [0.2, 0.25) is 15.9 Å². The molecule has 0 aliphatic carbocycles. The second kappa shape index (κ2) is 9.24. The van der Waals surface area contributed by atoms with Gasteiger partial charge >= 0.3 is 0 Å². The summed E-state index contributed by atoms with van der Waals surface area (Å²) >= 11 is 1.14. The summed E-state index contributed by atoms with van der Waals surface area (Å²) in [5.41, 5.74) is 1.75. The van der Waals surface area contributed by atoms with E-state index < -0.39 is 15.3 Å². The number of aromatic nitrogens is 2. The maximum Gasteiger partial charge on any atom is 0.251 e. The number of aryl methyl sites for hydroxylation is 1. The summed E-state index contributed by atoms with van der Waals surface area (Å²) in [6, 6.07) is 16.5. The summed E-state index contributed by atoms with van der Waals surface area (Å²) in [7, 11) is -3.77. The Kier molecular flexibility index (Phi) is 6.70. The molecule has 1 amide bonds. The summed E-state index contributed by atoms with van der Waals surface area (Å²) in [5, 5.41) is 7.65. The van der Waals surface area contributed by atoms with Gasteiger partial charge in [-0.15, -0.1) is 0 Å². The minimum absolute atomic E-state index is 0.00442. The van der Waals surface area contributed by atoms with Gasteiger partial charge in [0, 0.05) is 18.3 Å². The molecule has 0 saturated carbocycles. The Morgan fingerprint density at radius 3 is 2.43 bits per heavy atom. The lowest BCUT2D eigenvalue weighted by Crippen LogP contribution is -2.28. The fraction of sp³-hybridized carbons (Fsp3) is 0.150. The Morgan fingerprint density at radius 2 is 1.83 bits per heavy atom. The number of nitrogens with two attached hydrogens (primary N) is 1. The highest BCUT2D eigenvalue weighted by Gasteiger charge is 2.23. The van der Waals surface area contributed by atoms with Crippen molar-refractivity contribution in [3.63, 3.8) is 0 Å². The second-order valence-electron chi connectivity index (χ2n) is 6.51. The Labute approximate surface area is 178 Å². The molecule has 3 rings (SSSR count). The van der Waals surface area contributed by atoms with Crippen LogP contribution < -0.4 is 16.0 Å². The first-order valence-electron chi connectivity index (χ1n) is 8.91. The standard InChI is InChI=1S/C20H20N4O4S2/c1-13-11-17(25)24-20(23-13)29-18(15-5-3-2-4-6-15)19(26)22-12-14-7-9-16(10-8-14)30(21,27)28/h2-11,18H,12H2,1H3,(H,22,26)(H2,21,27,28)(H,23,24,25)/t18-/m0/s1. The number of sulfonamides is 1. The van der Waals surface area contributed by atoms with Crippen LogP contribution in [0.15, 0.2) is 75.5 Å². The van der Waals surface area contributed by atoms with E-state index in [1.807, 2.05) is 30.3 Å². The van der Waals surface area contributed by atoms with E-state index in [4.69, 9.17) is 5.14 Å². The van der Waals surface area contributed by atoms with Crippen molar-refractivity contribution in [3.05, 3.63) is 87.8 Å². The van der Waals surface area contributed by atoms with E-state index >= 15 is 0 Å². The Morgan fingerprint density at radius 1 is 1.17 bits per heavy atom. The Bertz CT molecular complexity index is 1190. The number of carbonyl (C=O) groups is 1. The van der Waals surface area contributed by atoms with Gasteiger partial charge in [0.15, 0.2) is 5.16 Å². The Hall–Kier alpha value is -2.95.